The maximum absolute atomic E-state index is 5.63. The van der Waals surface area contributed by atoms with Crippen LogP contribution < -0.4 is 5.73 Å². The smallest absolute Gasteiger partial charge is 0.123 e. The van der Waals surface area contributed by atoms with Gasteiger partial charge < -0.3 is 10.3 Å². The zero-order valence-electron chi connectivity index (χ0n) is 8.62. The van der Waals surface area contributed by atoms with E-state index in [0.717, 1.165) is 21.7 Å². The molecule has 0 aliphatic carbocycles. The van der Waals surface area contributed by atoms with Crippen molar-refractivity contribution in [3.8, 4) is 10.6 Å². The molecule has 0 unspecified atom stereocenters. The number of imidazole rings is 1. The fraction of sp³-hybridized carbons (Fsp3) is 0.300. The van der Waals surface area contributed by atoms with E-state index in [1.807, 2.05) is 11.6 Å². The van der Waals surface area contributed by atoms with E-state index >= 15 is 0 Å². The third kappa shape index (κ3) is 1.87. The van der Waals surface area contributed by atoms with E-state index in [-0.39, 0.29) is 0 Å². The average Bonchev–Trinajstić information content (AvgIpc) is 2.74. The van der Waals surface area contributed by atoms with Crippen LogP contribution in [-0.2, 0) is 13.6 Å². The Morgan fingerprint density at radius 1 is 1.60 bits per heavy atom. The summed E-state index contributed by atoms with van der Waals surface area (Å²) in [6.07, 6.45) is 0. The van der Waals surface area contributed by atoms with Crippen LogP contribution in [0.5, 0.6) is 0 Å². The highest BCUT2D eigenvalue weighted by Gasteiger charge is 2.13. The molecular weight excluding hydrogens is 274 g/mol. The van der Waals surface area contributed by atoms with Crippen molar-refractivity contribution in [2.45, 2.75) is 13.5 Å². The lowest BCUT2D eigenvalue weighted by Crippen LogP contribution is -2.05. The largest absolute Gasteiger partial charge is 0.334 e. The van der Waals surface area contributed by atoms with Crippen molar-refractivity contribution in [2.75, 3.05) is 0 Å². The first-order valence-electron chi connectivity index (χ1n) is 4.60. The van der Waals surface area contributed by atoms with E-state index in [1.54, 1.807) is 11.3 Å². The molecule has 2 rings (SSSR count). The van der Waals surface area contributed by atoms with Crippen molar-refractivity contribution < 1.29 is 0 Å². The molecule has 5 heteroatoms. The lowest BCUT2D eigenvalue weighted by Gasteiger charge is -1.98. The number of hydrogen-bond acceptors (Lipinski definition) is 3. The SMILES string of the molecule is Cc1c(-c2cc(Br)cs2)nc(CN)n1C. The summed E-state index contributed by atoms with van der Waals surface area (Å²) in [5.41, 5.74) is 7.82. The zero-order chi connectivity index (χ0) is 11.0. The van der Waals surface area contributed by atoms with Gasteiger partial charge in [0.2, 0.25) is 0 Å². The molecular formula is C10H12BrN3S. The zero-order valence-corrected chi connectivity index (χ0v) is 11.0. The number of aromatic nitrogens is 2. The summed E-state index contributed by atoms with van der Waals surface area (Å²) < 4.78 is 3.14. The van der Waals surface area contributed by atoms with Gasteiger partial charge in [-0.3, -0.25) is 0 Å². The predicted molar refractivity (Wildman–Crippen MR) is 66.8 cm³/mol. The fourth-order valence-corrected chi connectivity index (χ4v) is 2.96. The molecule has 0 aliphatic rings. The molecule has 2 aromatic rings. The molecule has 2 N–H and O–H groups in total. The summed E-state index contributed by atoms with van der Waals surface area (Å²) in [4.78, 5) is 5.71. The maximum Gasteiger partial charge on any atom is 0.123 e. The number of nitrogens with zero attached hydrogens (tertiary/aromatic N) is 2. The van der Waals surface area contributed by atoms with Crippen molar-refractivity contribution >= 4 is 27.3 Å². The highest BCUT2D eigenvalue weighted by molar-refractivity contribution is 9.10. The van der Waals surface area contributed by atoms with Gasteiger partial charge in [-0.2, -0.15) is 0 Å². The first-order valence-corrected chi connectivity index (χ1v) is 6.27. The summed E-state index contributed by atoms with van der Waals surface area (Å²) in [6.45, 7) is 2.54. The molecule has 80 valence electrons. The Morgan fingerprint density at radius 2 is 2.33 bits per heavy atom. The summed E-state index contributed by atoms with van der Waals surface area (Å²) in [5.74, 6) is 0.923. The monoisotopic (exact) mass is 285 g/mol. The molecule has 0 radical (unpaired) electrons. The first-order chi connectivity index (χ1) is 7.13. The van der Waals surface area contributed by atoms with Gasteiger partial charge in [-0.25, -0.2) is 4.98 Å². The summed E-state index contributed by atoms with van der Waals surface area (Å²) in [6, 6.07) is 2.08. The molecule has 0 aliphatic heterocycles. The molecule has 3 nitrogen and oxygen atoms in total. The molecule has 0 atom stereocenters. The molecule has 2 heterocycles. The van der Waals surface area contributed by atoms with Crippen LogP contribution in [-0.4, -0.2) is 9.55 Å². The highest BCUT2D eigenvalue weighted by Crippen LogP contribution is 2.31. The van der Waals surface area contributed by atoms with E-state index < -0.39 is 0 Å². The second-order valence-electron chi connectivity index (χ2n) is 3.35. The van der Waals surface area contributed by atoms with Gasteiger partial charge >= 0.3 is 0 Å². The van der Waals surface area contributed by atoms with E-state index in [2.05, 4.69) is 39.3 Å². The first kappa shape index (κ1) is 10.9. The maximum atomic E-state index is 5.63. The molecule has 0 aromatic carbocycles. The van der Waals surface area contributed by atoms with Crippen LogP contribution >= 0.6 is 27.3 Å². The molecule has 0 spiro atoms. The summed E-state index contributed by atoms with van der Waals surface area (Å²) in [7, 11) is 2.00. The molecule has 0 amide bonds. The molecule has 15 heavy (non-hydrogen) atoms. The van der Waals surface area contributed by atoms with Crippen molar-refractivity contribution in [3.05, 3.63) is 27.4 Å². The van der Waals surface area contributed by atoms with Crippen LogP contribution in [0.4, 0.5) is 0 Å². The van der Waals surface area contributed by atoms with E-state index in [9.17, 15) is 0 Å². The molecule has 0 fully saturated rings. The number of hydrogen-bond donors (Lipinski definition) is 1. The lowest BCUT2D eigenvalue weighted by molar-refractivity contribution is 0.774. The third-order valence-electron chi connectivity index (χ3n) is 2.46. The highest BCUT2D eigenvalue weighted by atomic mass is 79.9. The molecule has 0 saturated carbocycles. The number of rotatable bonds is 2. The lowest BCUT2D eigenvalue weighted by atomic mass is 10.3. The van der Waals surface area contributed by atoms with Crippen LogP contribution in [0.25, 0.3) is 10.6 Å². The summed E-state index contributed by atoms with van der Waals surface area (Å²) >= 11 is 5.13. The van der Waals surface area contributed by atoms with Gasteiger partial charge in [0.05, 0.1) is 11.4 Å². The Labute approximate surface area is 101 Å². The van der Waals surface area contributed by atoms with Gasteiger partial charge in [0.15, 0.2) is 0 Å². The average molecular weight is 286 g/mol. The van der Waals surface area contributed by atoms with Gasteiger partial charge in [-0.05, 0) is 28.9 Å². The normalized spacial score (nSPS) is 10.9. The second-order valence-corrected chi connectivity index (χ2v) is 5.18. The van der Waals surface area contributed by atoms with Gasteiger partial charge in [-0.1, -0.05) is 0 Å². The second kappa shape index (κ2) is 4.08. The van der Waals surface area contributed by atoms with Gasteiger partial charge in [-0.15, -0.1) is 11.3 Å². The van der Waals surface area contributed by atoms with Crippen LogP contribution in [0.1, 0.15) is 11.5 Å². The fourth-order valence-electron chi connectivity index (χ4n) is 1.49. The van der Waals surface area contributed by atoms with Crippen molar-refractivity contribution in [1.29, 1.82) is 0 Å². The Kier molecular flexibility index (Phi) is 2.95. The number of nitrogens with two attached hydrogens (primary N) is 1. The Morgan fingerprint density at radius 3 is 2.80 bits per heavy atom. The number of thiophene rings is 1. The molecule has 2 aromatic heterocycles. The predicted octanol–water partition coefficient (Wildman–Crippen LogP) is 2.68. The minimum absolute atomic E-state index is 0.476. The minimum atomic E-state index is 0.476. The number of halogens is 1. The third-order valence-corrected chi connectivity index (χ3v) is 4.16. The van der Waals surface area contributed by atoms with Gasteiger partial charge in [0.1, 0.15) is 11.5 Å². The molecule has 0 bridgehead atoms. The van der Waals surface area contributed by atoms with Crippen LogP contribution in [0.3, 0.4) is 0 Å². The van der Waals surface area contributed by atoms with Gasteiger partial charge in [0.25, 0.3) is 0 Å². The quantitative estimate of drug-likeness (QED) is 0.922. The minimum Gasteiger partial charge on any atom is -0.334 e. The van der Waals surface area contributed by atoms with E-state index in [0.29, 0.717) is 6.54 Å². The summed E-state index contributed by atoms with van der Waals surface area (Å²) in [5, 5.41) is 2.06. The Hall–Kier alpha value is -0.650. The van der Waals surface area contributed by atoms with Gasteiger partial charge in [0, 0.05) is 22.6 Å². The Bertz CT molecular complexity index is 487. The van der Waals surface area contributed by atoms with E-state index in [4.69, 9.17) is 5.73 Å². The van der Waals surface area contributed by atoms with Crippen molar-refractivity contribution in [3.63, 3.8) is 0 Å². The van der Waals surface area contributed by atoms with Crippen LogP contribution in [0.2, 0.25) is 0 Å². The van der Waals surface area contributed by atoms with Crippen molar-refractivity contribution in [2.24, 2.45) is 12.8 Å². The van der Waals surface area contributed by atoms with Crippen LogP contribution in [0, 0.1) is 6.92 Å². The topological polar surface area (TPSA) is 43.8 Å². The van der Waals surface area contributed by atoms with Crippen LogP contribution in [0.15, 0.2) is 15.9 Å². The Balaban J connectivity index is 2.53. The molecule has 0 saturated heterocycles. The standard InChI is InChI=1S/C10H12BrN3S/c1-6-10(8-3-7(11)5-15-8)13-9(4-12)14(6)2/h3,5H,4,12H2,1-2H3. The van der Waals surface area contributed by atoms with Crippen molar-refractivity contribution in [1.82, 2.24) is 9.55 Å². The van der Waals surface area contributed by atoms with E-state index in [1.165, 1.54) is 4.88 Å².